The van der Waals surface area contributed by atoms with E-state index in [0.29, 0.717) is 5.69 Å². The second-order valence-corrected chi connectivity index (χ2v) is 6.15. The van der Waals surface area contributed by atoms with Crippen molar-refractivity contribution < 1.29 is 19.4 Å². The van der Waals surface area contributed by atoms with E-state index >= 15 is 0 Å². The Balaban J connectivity index is 1.85. The zero-order valence-electron chi connectivity index (χ0n) is 12.3. The van der Waals surface area contributed by atoms with Crippen LogP contribution < -0.4 is 10.6 Å². The highest BCUT2D eigenvalue weighted by atomic mass is 16.6. The average molecular weight is 292 g/mol. The van der Waals surface area contributed by atoms with Gasteiger partial charge in [-0.2, -0.15) is 0 Å². The fourth-order valence-corrected chi connectivity index (χ4v) is 2.12. The van der Waals surface area contributed by atoms with E-state index in [0.717, 1.165) is 12.0 Å². The lowest BCUT2D eigenvalue weighted by molar-refractivity contribution is 0.0522. The molecule has 2 amide bonds. The first kappa shape index (κ1) is 15.2. The minimum absolute atomic E-state index is 0.0816. The molecule has 21 heavy (non-hydrogen) atoms. The van der Waals surface area contributed by atoms with Crippen LogP contribution in [0.4, 0.5) is 15.3 Å². The molecule has 0 radical (unpaired) electrons. The number of carbonyl (C=O) groups is 2. The lowest BCUT2D eigenvalue weighted by Gasteiger charge is -2.19. The summed E-state index contributed by atoms with van der Waals surface area (Å²) in [5.74, 6) is 0.261. The van der Waals surface area contributed by atoms with Crippen molar-refractivity contribution >= 4 is 17.9 Å². The molecule has 3 N–H and O–H groups in total. The van der Waals surface area contributed by atoms with E-state index in [2.05, 4.69) is 10.6 Å². The van der Waals surface area contributed by atoms with Gasteiger partial charge in [0.2, 0.25) is 0 Å². The number of hydrogen-bond donors (Lipinski definition) is 3. The Morgan fingerprint density at radius 1 is 1.24 bits per heavy atom. The maximum Gasteiger partial charge on any atom is 0.409 e. The average Bonchev–Trinajstić information content (AvgIpc) is 3.05. The predicted octanol–water partition coefficient (Wildman–Crippen LogP) is 3.16. The summed E-state index contributed by atoms with van der Waals surface area (Å²) in [5.41, 5.74) is 1.11. The summed E-state index contributed by atoms with van der Waals surface area (Å²) >= 11 is 0. The molecule has 0 aliphatic heterocycles. The topological polar surface area (TPSA) is 87.7 Å². The van der Waals surface area contributed by atoms with Crippen LogP contribution in [0.1, 0.15) is 38.7 Å². The molecule has 1 aromatic rings. The van der Waals surface area contributed by atoms with Gasteiger partial charge in [-0.05, 0) is 44.9 Å². The molecule has 0 aromatic heterocycles. The zero-order valence-corrected chi connectivity index (χ0v) is 12.3. The van der Waals surface area contributed by atoms with Crippen LogP contribution in [-0.2, 0) is 4.74 Å². The van der Waals surface area contributed by atoms with E-state index < -0.39 is 17.8 Å². The van der Waals surface area contributed by atoms with Crippen LogP contribution in [0, 0.1) is 0 Å². The predicted molar refractivity (Wildman–Crippen MR) is 78.6 cm³/mol. The van der Waals surface area contributed by atoms with Gasteiger partial charge in [-0.15, -0.1) is 0 Å². The molecule has 1 aliphatic rings. The number of amides is 2. The number of nitrogens with one attached hydrogen (secondary N) is 2. The lowest BCUT2D eigenvalue weighted by Crippen LogP contribution is -2.34. The van der Waals surface area contributed by atoms with Crippen molar-refractivity contribution in [2.24, 2.45) is 0 Å². The Morgan fingerprint density at radius 2 is 1.86 bits per heavy atom. The van der Waals surface area contributed by atoms with Crippen molar-refractivity contribution in [1.29, 1.82) is 0 Å². The molecule has 0 spiro atoms. The summed E-state index contributed by atoms with van der Waals surface area (Å²) in [6.07, 6.45) is -0.622. The highest BCUT2D eigenvalue weighted by Crippen LogP contribution is 2.41. The Morgan fingerprint density at radius 3 is 2.38 bits per heavy atom. The van der Waals surface area contributed by atoms with E-state index in [9.17, 15) is 9.59 Å². The fourth-order valence-electron chi connectivity index (χ4n) is 2.12. The van der Waals surface area contributed by atoms with Crippen molar-refractivity contribution in [3.63, 3.8) is 0 Å². The van der Waals surface area contributed by atoms with Gasteiger partial charge in [-0.25, -0.2) is 9.59 Å². The SMILES string of the molecule is CC(C)(C)OC(=O)N[C@@H]1C[C@H]1c1ccc(NC(=O)O)cc1. The van der Waals surface area contributed by atoms with Crippen LogP contribution in [0.3, 0.4) is 0 Å². The number of rotatable bonds is 3. The van der Waals surface area contributed by atoms with Crippen molar-refractivity contribution in [3.8, 4) is 0 Å². The third-order valence-corrected chi connectivity index (χ3v) is 3.08. The third-order valence-electron chi connectivity index (χ3n) is 3.08. The summed E-state index contributed by atoms with van der Waals surface area (Å²) in [7, 11) is 0. The van der Waals surface area contributed by atoms with Crippen molar-refractivity contribution in [1.82, 2.24) is 5.32 Å². The van der Waals surface area contributed by atoms with E-state index in [1.807, 2.05) is 32.9 Å². The van der Waals surface area contributed by atoms with Crippen LogP contribution in [0.2, 0.25) is 0 Å². The monoisotopic (exact) mass is 292 g/mol. The lowest BCUT2D eigenvalue weighted by atomic mass is 10.1. The molecule has 1 aromatic carbocycles. The van der Waals surface area contributed by atoms with Crippen molar-refractivity contribution in [2.45, 2.75) is 44.8 Å². The van der Waals surface area contributed by atoms with Crippen LogP contribution in [-0.4, -0.2) is 28.9 Å². The Kier molecular flexibility index (Phi) is 4.06. The summed E-state index contributed by atoms with van der Waals surface area (Å²) < 4.78 is 5.21. The number of hydrogen-bond acceptors (Lipinski definition) is 3. The van der Waals surface area contributed by atoms with Gasteiger partial charge >= 0.3 is 12.2 Å². The summed E-state index contributed by atoms with van der Waals surface area (Å²) in [5, 5.41) is 13.7. The van der Waals surface area contributed by atoms with Crippen LogP contribution in [0.15, 0.2) is 24.3 Å². The van der Waals surface area contributed by atoms with E-state index in [-0.39, 0.29) is 12.0 Å². The number of benzene rings is 1. The van der Waals surface area contributed by atoms with Crippen molar-refractivity contribution in [2.75, 3.05) is 5.32 Å². The minimum atomic E-state index is -1.08. The Hall–Kier alpha value is -2.24. The first-order valence-electron chi connectivity index (χ1n) is 6.84. The molecule has 1 aliphatic carbocycles. The first-order chi connectivity index (χ1) is 9.74. The van der Waals surface area contributed by atoms with Crippen LogP contribution >= 0.6 is 0 Å². The normalized spacial score (nSPS) is 20.5. The van der Waals surface area contributed by atoms with Gasteiger partial charge in [0.05, 0.1) is 0 Å². The van der Waals surface area contributed by atoms with E-state index in [4.69, 9.17) is 9.84 Å². The van der Waals surface area contributed by atoms with Gasteiger partial charge in [0, 0.05) is 17.6 Å². The molecule has 2 atom stereocenters. The Bertz CT molecular complexity index is 534. The maximum atomic E-state index is 11.7. The van der Waals surface area contributed by atoms with Gasteiger partial charge in [0.25, 0.3) is 0 Å². The third kappa shape index (κ3) is 4.66. The number of alkyl carbamates (subject to hydrolysis) is 1. The molecular formula is C15H20N2O4. The highest BCUT2D eigenvalue weighted by molar-refractivity contribution is 5.82. The van der Waals surface area contributed by atoms with Gasteiger partial charge in [-0.3, -0.25) is 5.32 Å². The van der Waals surface area contributed by atoms with Gasteiger partial charge in [-0.1, -0.05) is 12.1 Å². The highest BCUT2D eigenvalue weighted by Gasteiger charge is 2.40. The molecule has 0 unspecified atom stereocenters. The van der Waals surface area contributed by atoms with Crippen molar-refractivity contribution in [3.05, 3.63) is 29.8 Å². The van der Waals surface area contributed by atoms with E-state index in [1.165, 1.54) is 0 Å². The fraction of sp³-hybridized carbons (Fsp3) is 0.467. The molecule has 0 bridgehead atoms. The Labute approximate surface area is 123 Å². The molecule has 1 saturated carbocycles. The van der Waals surface area contributed by atoms with Crippen LogP contribution in [0.5, 0.6) is 0 Å². The molecule has 1 fully saturated rings. The van der Waals surface area contributed by atoms with Gasteiger partial charge in [0.15, 0.2) is 0 Å². The number of carboxylic acid groups (broad SMARTS) is 1. The molecule has 6 nitrogen and oxygen atoms in total. The maximum absolute atomic E-state index is 11.7. The molecule has 6 heteroatoms. The molecule has 2 rings (SSSR count). The molecule has 0 heterocycles. The number of carbonyl (C=O) groups excluding carboxylic acids is 1. The first-order valence-corrected chi connectivity index (χ1v) is 6.84. The molecule has 114 valence electrons. The summed E-state index contributed by atoms with van der Waals surface area (Å²) in [6, 6.07) is 7.25. The second kappa shape index (κ2) is 5.63. The largest absolute Gasteiger partial charge is 0.465 e. The number of anilines is 1. The molecule has 0 saturated heterocycles. The zero-order chi connectivity index (χ0) is 15.6. The smallest absolute Gasteiger partial charge is 0.409 e. The second-order valence-electron chi connectivity index (χ2n) is 6.15. The van der Waals surface area contributed by atoms with Gasteiger partial charge in [0.1, 0.15) is 5.60 Å². The quantitative estimate of drug-likeness (QED) is 0.798. The van der Waals surface area contributed by atoms with Gasteiger partial charge < -0.3 is 15.2 Å². The molecular weight excluding hydrogens is 272 g/mol. The van der Waals surface area contributed by atoms with Crippen LogP contribution in [0.25, 0.3) is 0 Å². The summed E-state index contributed by atoms with van der Waals surface area (Å²) in [4.78, 5) is 22.2. The minimum Gasteiger partial charge on any atom is -0.465 e. The standard InChI is InChI=1S/C15H20N2O4/c1-15(2,3)21-14(20)17-12-8-11(12)9-4-6-10(7-5-9)16-13(18)19/h4-7,11-12,16H,8H2,1-3H3,(H,17,20)(H,18,19)/t11-,12+/m0/s1. The van der Waals surface area contributed by atoms with E-state index in [1.54, 1.807) is 12.1 Å². The number of ether oxygens (including phenoxy) is 1. The summed E-state index contributed by atoms with van der Waals surface area (Å²) in [6.45, 7) is 5.47.